The van der Waals surface area contributed by atoms with Crippen LogP contribution in [0.25, 0.3) is 11.0 Å². The van der Waals surface area contributed by atoms with Crippen molar-refractivity contribution < 1.29 is 9.26 Å². The van der Waals surface area contributed by atoms with Crippen molar-refractivity contribution in [2.24, 2.45) is 0 Å². The molecule has 0 fully saturated rings. The number of aryl methyl sites for hydroxylation is 1. The zero-order valence-electron chi connectivity index (χ0n) is 7.86. The molecular weight excluding hydrogens is 198 g/mol. The van der Waals surface area contributed by atoms with Crippen molar-refractivity contribution in [3.63, 3.8) is 0 Å². The van der Waals surface area contributed by atoms with Crippen LogP contribution in [0.3, 0.4) is 0 Å². The second-order valence-corrected chi connectivity index (χ2v) is 3.38. The quantitative estimate of drug-likeness (QED) is 0.788. The highest BCUT2D eigenvalue weighted by Gasteiger charge is 2.11. The van der Waals surface area contributed by atoms with Crippen LogP contribution in [0.5, 0.6) is 5.75 Å². The number of hydrogen-bond donors (Lipinski definition) is 1. The smallest absolute Gasteiger partial charge is 0.170 e. The Morgan fingerprint density at radius 1 is 1.50 bits per heavy atom. The van der Waals surface area contributed by atoms with Gasteiger partial charge in [-0.15, -0.1) is 0 Å². The predicted molar refractivity (Wildman–Crippen MR) is 58.1 cm³/mol. The molecule has 4 heteroatoms. The minimum Gasteiger partial charge on any atom is -0.496 e. The van der Waals surface area contributed by atoms with Crippen molar-refractivity contribution in [3.8, 4) is 5.75 Å². The number of fused-ring (bicyclic) bond motifs is 1. The maximum Gasteiger partial charge on any atom is 0.170 e. The van der Waals surface area contributed by atoms with Crippen LogP contribution < -0.4 is 4.74 Å². The molecule has 0 radical (unpaired) electrons. The number of methoxy groups -OCH3 is 1. The molecule has 0 unspecified atom stereocenters. The third-order valence-corrected chi connectivity index (χ3v) is 2.32. The average Bonchev–Trinajstić information content (AvgIpc) is 2.62. The second-order valence-electron chi connectivity index (χ2n) is 2.94. The van der Waals surface area contributed by atoms with Gasteiger partial charge in [0.2, 0.25) is 0 Å². The molecular formula is C10H11NO2S. The van der Waals surface area contributed by atoms with E-state index in [-0.39, 0.29) is 0 Å². The lowest BCUT2D eigenvalue weighted by atomic mass is 10.1. The SMILES string of the molecule is COc1cccc2onc(CCS)c12. The molecule has 1 aromatic heterocycles. The number of aromatic nitrogens is 1. The largest absolute Gasteiger partial charge is 0.496 e. The van der Waals surface area contributed by atoms with E-state index in [0.717, 1.165) is 34.6 Å². The van der Waals surface area contributed by atoms with E-state index in [1.807, 2.05) is 18.2 Å². The molecule has 0 aliphatic carbocycles. The van der Waals surface area contributed by atoms with E-state index in [1.54, 1.807) is 7.11 Å². The first-order valence-corrected chi connectivity index (χ1v) is 5.02. The molecule has 0 aliphatic heterocycles. The van der Waals surface area contributed by atoms with Gasteiger partial charge in [-0.25, -0.2) is 0 Å². The summed E-state index contributed by atoms with van der Waals surface area (Å²) in [6, 6.07) is 5.67. The monoisotopic (exact) mass is 209 g/mol. The highest BCUT2D eigenvalue weighted by molar-refractivity contribution is 7.80. The van der Waals surface area contributed by atoms with Crippen LogP contribution in [0, 0.1) is 0 Å². The molecule has 0 N–H and O–H groups in total. The number of ether oxygens (including phenoxy) is 1. The molecule has 74 valence electrons. The van der Waals surface area contributed by atoms with Gasteiger partial charge in [-0.3, -0.25) is 0 Å². The summed E-state index contributed by atoms with van der Waals surface area (Å²) in [6.07, 6.45) is 0.788. The standard InChI is InChI=1S/C10H11NO2S/c1-12-8-3-2-4-9-10(8)7(5-6-14)11-13-9/h2-4,14H,5-6H2,1H3. The van der Waals surface area contributed by atoms with Gasteiger partial charge in [-0.2, -0.15) is 12.6 Å². The summed E-state index contributed by atoms with van der Waals surface area (Å²) in [5, 5.41) is 4.95. The first-order valence-electron chi connectivity index (χ1n) is 4.39. The lowest BCUT2D eigenvalue weighted by Gasteiger charge is -2.00. The maximum atomic E-state index is 5.25. The highest BCUT2D eigenvalue weighted by atomic mass is 32.1. The fraction of sp³-hybridized carbons (Fsp3) is 0.300. The number of rotatable bonds is 3. The summed E-state index contributed by atoms with van der Waals surface area (Å²) in [6.45, 7) is 0. The van der Waals surface area contributed by atoms with Crippen LogP contribution in [0.4, 0.5) is 0 Å². The van der Waals surface area contributed by atoms with Gasteiger partial charge < -0.3 is 9.26 Å². The number of thiol groups is 1. The Kier molecular flexibility index (Phi) is 2.63. The van der Waals surface area contributed by atoms with E-state index < -0.39 is 0 Å². The van der Waals surface area contributed by atoms with Crippen molar-refractivity contribution >= 4 is 23.6 Å². The Balaban J connectivity index is 2.62. The molecule has 0 aliphatic rings. The van der Waals surface area contributed by atoms with Crippen LogP contribution in [0.2, 0.25) is 0 Å². The molecule has 2 aromatic rings. The molecule has 3 nitrogen and oxygen atoms in total. The van der Waals surface area contributed by atoms with E-state index in [9.17, 15) is 0 Å². The summed E-state index contributed by atoms with van der Waals surface area (Å²) >= 11 is 4.17. The molecule has 0 amide bonds. The number of benzene rings is 1. The van der Waals surface area contributed by atoms with E-state index >= 15 is 0 Å². The Labute approximate surface area is 87.4 Å². The van der Waals surface area contributed by atoms with E-state index in [0.29, 0.717) is 0 Å². The third-order valence-electron chi connectivity index (χ3n) is 2.10. The Hall–Kier alpha value is -1.16. The van der Waals surface area contributed by atoms with E-state index in [2.05, 4.69) is 17.8 Å². The van der Waals surface area contributed by atoms with Crippen LogP contribution in [0.1, 0.15) is 5.69 Å². The van der Waals surface area contributed by atoms with Crippen molar-refractivity contribution in [1.29, 1.82) is 0 Å². The molecule has 0 saturated heterocycles. The predicted octanol–water partition coefficient (Wildman–Crippen LogP) is 2.31. The van der Waals surface area contributed by atoms with Crippen molar-refractivity contribution in [2.75, 3.05) is 12.9 Å². The molecule has 0 spiro atoms. The normalized spacial score (nSPS) is 10.7. The van der Waals surface area contributed by atoms with Gasteiger partial charge >= 0.3 is 0 Å². The van der Waals surface area contributed by atoms with Gasteiger partial charge in [0.1, 0.15) is 5.75 Å². The molecule has 0 bridgehead atoms. The maximum absolute atomic E-state index is 5.25. The van der Waals surface area contributed by atoms with E-state index in [1.165, 1.54) is 0 Å². The topological polar surface area (TPSA) is 35.3 Å². The molecule has 0 atom stereocenters. The number of nitrogens with zero attached hydrogens (tertiary/aromatic N) is 1. The Bertz CT molecular complexity index is 439. The molecule has 2 rings (SSSR count). The third kappa shape index (κ3) is 1.46. The summed E-state index contributed by atoms with van der Waals surface area (Å²) in [7, 11) is 1.65. The van der Waals surface area contributed by atoms with Crippen LogP contribution >= 0.6 is 12.6 Å². The first-order chi connectivity index (χ1) is 6.86. The van der Waals surface area contributed by atoms with Crippen molar-refractivity contribution in [2.45, 2.75) is 6.42 Å². The van der Waals surface area contributed by atoms with Gasteiger partial charge in [0.25, 0.3) is 0 Å². The van der Waals surface area contributed by atoms with Crippen molar-refractivity contribution in [1.82, 2.24) is 5.16 Å². The summed E-state index contributed by atoms with van der Waals surface area (Å²) in [5.74, 6) is 1.56. The summed E-state index contributed by atoms with van der Waals surface area (Å²) in [4.78, 5) is 0. The number of hydrogen-bond acceptors (Lipinski definition) is 4. The van der Waals surface area contributed by atoms with Gasteiger partial charge in [-0.05, 0) is 17.9 Å². The Morgan fingerprint density at radius 2 is 2.36 bits per heavy atom. The zero-order chi connectivity index (χ0) is 9.97. The highest BCUT2D eigenvalue weighted by Crippen LogP contribution is 2.28. The molecule has 1 heterocycles. The Morgan fingerprint density at radius 3 is 3.07 bits per heavy atom. The van der Waals surface area contributed by atoms with Crippen molar-refractivity contribution in [3.05, 3.63) is 23.9 Å². The average molecular weight is 209 g/mol. The summed E-state index contributed by atoms with van der Waals surface area (Å²) < 4.78 is 10.4. The van der Waals surface area contributed by atoms with Gasteiger partial charge in [0, 0.05) is 6.42 Å². The molecule has 0 saturated carbocycles. The van der Waals surface area contributed by atoms with Crippen LogP contribution in [0.15, 0.2) is 22.7 Å². The first kappa shape index (κ1) is 9.40. The van der Waals surface area contributed by atoms with Crippen LogP contribution in [-0.4, -0.2) is 18.0 Å². The lowest BCUT2D eigenvalue weighted by Crippen LogP contribution is -1.89. The van der Waals surface area contributed by atoms with E-state index in [4.69, 9.17) is 9.26 Å². The molecule has 14 heavy (non-hydrogen) atoms. The van der Waals surface area contributed by atoms with Crippen LogP contribution in [-0.2, 0) is 6.42 Å². The summed E-state index contributed by atoms with van der Waals surface area (Å²) in [5.41, 5.74) is 1.67. The van der Waals surface area contributed by atoms with Gasteiger partial charge in [0.15, 0.2) is 5.58 Å². The molecule has 1 aromatic carbocycles. The second kappa shape index (κ2) is 3.92. The fourth-order valence-electron chi connectivity index (χ4n) is 1.47. The minimum atomic E-state index is 0.750. The fourth-order valence-corrected chi connectivity index (χ4v) is 1.68. The minimum absolute atomic E-state index is 0.750. The zero-order valence-corrected chi connectivity index (χ0v) is 8.75. The lowest BCUT2D eigenvalue weighted by molar-refractivity contribution is 0.419. The van der Waals surface area contributed by atoms with Gasteiger partial charge in [0.05, 0.1) is 18.2 Å². The van der Waals surface area contributed by atoms with Gasteiger partial charge in [-0.1, -0.05) is 11.2 Å².